The number of rotatable bonds is 8. The van der Waals surface area contributed by atoms with Crippen LogP contribution in [0.2, 0.25) is 0 Å². The van der Waals surface area contributed by atoms with Crippen LogP contribution in [-0.2, 0) is 4.79 Å². The minimum Gasteiger partial charge on any atom is -0.484 e. The zero-order chi connectivity index (χ0) is 23.9. The van der Waals surface area contributed by atoms with Gasteiger partial charge < -0.3 is 15.4 Å². The predicted molar refractivity (Wildman–Crippen MR) is 127 cm³/mol. The normalized spacial score (nSPS) is 13.3. The number of ketones is 1. The molecule has 0 radical (unpaired) electrons. The fourth-order valence-electron chi connectivity index (χ4n) is 3.93. The van der Waals surface area contributed by atoms with E-state index >= 15 is 0 Å². The highest BCUT2D eigenvalue weighted by Crippen LogP contribution is 2.21. The van der Waals surface area contributed by atoms with Crippen molar-refractivity contribution < 1.29 is 23.5 Å². The molecule has 3 aromatic carbocycles. The largest absolute Gasteiger partial charge is 0.484 e. The molecule has 1 aliphatic carbocycles. The lowest BCUT2D eigenvalue weighted by atomic mass is 10.0. The average molecular weight is 461 g/mol. The molecule has 1 aliphatic rings. The third kappa shape index (κ3) is 5.86. The summed E-state index contributed by atoms with van der Waals surface area (Å²) in [4.78, 5) is 37.6. The number of amides is 2. The van der Waals surface area contributed by atoms with Gasteiger partial charge in [-0.05, 0) is 73.5 Å². The van der Waals surface area contributed by atoms with Crippen LogP contribution in [-0.4, -0.2) is 30.2 Å². The zero-order valence-corrected chi connectivity index (χ0v) is 18.6. The molecule has 6 nitrogen and oxygen atoms in total. The number of anilines is 1. The highest BCUT2D eigenvalue weighted by molar-refractivity contribution is 6.09. The highest BCUT2D eigenvalue weighted by Gasteiger charge is 2.20. The van der Waals surface area contributed by atoms with Gasteiger partial charge in [-0.15, -0.1) is 0 Å². The summed E-state index contributed by atoms with van der Waals surface area (Å²) in [6.45, 7) is -0.260. The summed E-state index contributed by atoms with van der Waals surface area (Å²) in [6.07, 6.45) is 4.18. The number of halogens is 1. The second kappa shape index (κ2) is 10.7. The minimum atomic E-state index is -0.410. The van der Waals surface area contributed by atoms with Gasteiger partial charge in [0.15, 0.2) is 12.4 Å². The molecule has 174 valence electrons. The first-order chi connectivity index (χ1) is 16.5. The standard InChI is InChI=1S/C27H25FN2O4/c28-20-13-9-18(10-14-20)26(32)19-11-15-22(16-12-19)34-17-25(31)30-24-8-4-3-7-23(24)27(33)29-21-5-1-2-6-21/h3-4,7-16,21H,1-2,5-6,17H2,(H,29,33)(H,30,31). The Labute approximate surface area is 197 Å². The number of para-hydroxylation sites is 1. The van der Waals surface area contributed by atoms with Gasteiger partial charge in [-0.2, -0.15) is 0 Å². The van der Waals surface area contributed by atoms with Gasteiger partial charge in [-0.25, -0.2) is 4.39 Å². The summed E-state index contributed by atoms with van der Waals surface area (Å²) in [5.74, 6) is -0.844. The maximum absolute atomic E-state index is 13.1. The van der Waals surface area contributed by atoms with E-state index in [0.717, 1.165) is 25.7 Å². The SMILES string of the molecule is O=C(COc1ccc(C(=O)c2ccc(F)cc2)cc1)Nc1ccccc1C(=O)NC1CCCC1. The Hall–Kier alpha value is -4.00. The molecule has 0 aliphatic heterocycles. The Kier molecular flexibility index (Phi) is 7.32. The first kappa shape index (κ1) is 23.2. The van der Waals surface area contributed by atoms with Gasteiger partial charge in [0.2, 0.25) is 0 Å². The maximum Gasteiger partial charge on any atom is 0.262 e. The molecule has 3 aromatic rings. The van der Waals surface area contributed by atoms with Crippen molar-refractivity contribution >= 4 is 23.3 Å². The van der Waals surface area contributed by atoms with Crippen molar-refractivity contribution in [3.8, 4) is 5.75 Å². The second-order valence-corrected chi connectivity index (χ2v) is 8.20. The number of benzene rings is 3. The lowest BCUT2D eigenvalue weighted by Gasteiger charge is -2.15. The van der Waals surface area contributed by atoms with Crippen molar-refractivity contribution in [1.29, 1.82) is 0 Å². The van der Waals surface area contributed by atoms with Crippen molar-refractivity contribution in [1.82, 2.24) is 5.32 Å². The Morgan fingerprint density at radius 3 is 2.15 bits per heavy atom. The van der Waals surface area contributed by atoms with Crippen LogP contribution in [0.1, 0.15) is 52.0 Å². The van der Waals surface area contributed by atoms with E-state index in [1.807, 2.05) is 0 Å². The summed E-state index contributed by atoms with van der Waals surface area (Å²) in [6, 6.07) is 18.7. The molecule has 0 bridgehead atoms. The molecule has 0 unspecified atom stereocenters. The molecule has 0 heterocycles. The second-order valence-electron chi connectivity index (χ2n) is 8.20. The molecule has 2 N–H and O–H groups in total. The van der Waals surface area contributed by atoms with Crippen LogP contribution in [0.5, 0.6) is 5.75 Å². The van der Waals surface area contributed by atoms with Crippen molar-refractivity contribution in [3.63, 3.8) is 0 Å². The molecule has 2 amide bonds. The Morgan fingerprint density at radius 1 is 0.853 bits per heavy atom. The molecular weight excluding hydrogens is 435 g/mol. The van der Waals surface area contributed by atoms with Crippen LogP contribution in [0, 0.1) is 5.82 Å². The number of ether oxygens (including phenoxy) is 1. The van der Waals surface area contributed by atoms with Gasteiger partial charge in [0.25, 0.3) is 11.8 Å². The molecule has 0 atom stereocenters. The molecule has 7 heteroatoms. The molecule has 34 heavy (non-hydrogen) atoms. The Morgan fingerprint density at radius 2 is 1.47 bits per heavy atom. The highest BCUT2D eigenvalue weighted by atomic mass is 19.1. The first-order valence-corrected chi connectivity index (χ1v) is 11.2. The van der Waals surface area contributed by atoms with E-state index in [9.17, 15) is 18.8 Å². The number of hydrogen-bond acceptors (Lipinski definition) is 4. The summed E-state index contributed by atoms with van der Waals surface area (Å²) < 4.78 is 18.6. The average Bonchev–Trinajstić information content (AvgIpc) is 3.36. The van der Waals surface area contributed by atoms with E-state index < -0.39 is 11.7 Å². The zero-order valence-electron chi connectivity index (χ0n) is 18.6. The van der Waals surface area contributed by atoms with Crippen LogP contribution in [0.4, 0.5) is 10.1 Å². The van der Waals surface area contributed by atoms with Crippen molar-refractivity contribution in [2.24, 2.45) is 0 Å². The molecule has 0 spiro atoms. The summed E-state index contributed by atoms with van der Waals surface area (Å²) >= 11 is 0. The van der Waals surface area contributed by atoms with Crippen LogP contribution >= 0.6 is 0 Å². The maximum atomic E-state index is 13.1. The predicted octanol–water partition coefficient (Wildman–Crippen LogP) is 4.75. The molecule has 4 rings (SSSR count). The van der Waals surface area contributed by atoms with Crippen molar-refractivity contribution in [2.75, 3.05) is 11.9 Å². The van der Waals surface area contributed by atoms with E-state index in [0.29, 0.717) is 28.1 Å². The molecule has 0 aromatic heterocycles. The Bertz CT molecular complexity index is 1170. The third-order valence-electron chi connectivity index (χ3n) is 5.73. The Balaban J connectivity index is 1.32. The van der Waals surface area contributed by atoms with E-state index in [1.165, 1.54) is 24.3 Å². The lowest BCUT2D eigenvalue weighted by Crippen LogP contribution is -2.33. The van der Waals surface area contributed by atoms with E-state index in [2.05, 4.69) is 10.6 Å². The molecule has 0 saturated heterocycles. The summed E-state index contributed by atoms with van der Waals surface area (Å²) in [7, 11) is 0. The quantitative estimate of drug-likeness (QED) is 0.476. The number of nitrogens with one attached hydrogen (secondary N) is 2. The van der Waals surface area contributed by atoms with E-state index in [1.54, 1.807) is 48.5 Å². The third-order valence-corrected chi connectivity index (χ3v) is 5.73. The van der Waals surface area contributed by atoms with Crippen molar-refractivity contribution in [2.45, 2.75) is 31.7 Å². The van der Waals surface area contributed by atoms with Crippen LogP contribution < -0.4 is 15.4 Å². The summed E-state index contributed by atoms with van der Waals surface area (Å²) in [5.41, 5.74) is 1.63. The monoisotopic (exact) mass is 460 g/mol. The first-order valence-electron chi connectivity index (χ1n) is 11.2. The fraction of sp³-hybridized carbons (Fsp3) is 0.222. The van der Waals surface area contributed by atoms with Crippen LogP contribution in [0.3, 0.4) is 0 Å². The lowest BCUT2D eigenvalue weighted by molar-refractivity contribution is -0.118. The molecular formula is C27H25FN2O4. The van der Waals surface area contributed by atoms with Gasteiger partial charge in [-0.1, -0.05) is 25.0 Å². The van der Waals surface area contributed by atoms with Crippen molar-refractivity contribution in [3.05, 3.63) is 95.3 Å². The fourth-order valence-corrected chi connectivity index (χ4v) is 3.93. The van der Waals surface area contributed by atoms with Gasteiger partial charge in [-0.3, -0.25) is 14.4 Å². The number of carbonyl (C=O) groups excluding carboxylic acids is 3. The van der Waals surface area contributed by atoms with E-state index in [-0.39, 0.29) is 24.3 Å². The van der Waals surface area contributed by atoms with Crippen LogP contribution in [0.25, 0.3) is 0 Å². The number of hydrogen-bond donors (Lipinski definition) is 2. The number of carbonyl (C=O) groups is 3. The molecule has 1 fully saturated rings. The van der Waals surface area contributed by atoms with E-state index in [4.69, 9.17) is 4.74 Å². The van der Waals surface area contributed by atoms with Gasteiger partial charge in [0.1, 0.15) is 11.6 Å². The topological polar surface area (TPSA) is 84.5 Å². The van der Waals surface area contributed by atoms with Crippen LogP contribution in [0.15, 0.2) is 72.8 Å². The van der Waals surface area contributed by atoms with Gasteiger partial charge >= 0.3 is 0 Å². The smallest absolute Gasteiger partial charge is 0.262 e. The summed E-state index contributed by atoms with van der Waals surface area (Å²) in [5, 5.41) is 5.76. The minimum absolute atomic E-state index is 0.178. The van der Waals surface area contributed by atoms with Gasteiger partial charge in [0, 0.05) is 17.2 Å². The van der Waals surface area contributed by atoms with Gasteiger partial charge in [0.05, 0.1) is 11.3 Å². The molecule has 1 saturated carbocycles.